The van der Waals surface area contributed by atoms with E-state index >= 15 is 0 Å². The molecule has 0 spiro atoms. The number of unbranched alkanes of at least 4 members (excludes halogenated alkanes) is 47. The zero-order valence-electron chi connectivity index (χ0n) is 54.0. The summed E-state index contributed by atoms with van der Waals surface area (Å²) in [5.74, 6) is -0.185. The first-order valence-electron chi connectivity index (χ1n) is 35.9. The number of nitrogens with one attached hydrogen (secondary N) is 1. The number of rotatable bonds is 63. The van der Waals surface area contributed by atoms with E-state index in [4.69, 9.17) is 9.47 Å². The molecule has 1 fully saturated rings. The second-order valence-corrected chi connectivity index (χ2v) is 25.0. The Kier molecular flexibility index (Phi) is 59.3. The van der Waals surface area contributed by atoms with Gasteiger partial charge < -0.3 is 40.3 Å². The molecule has 1 saturated heterocycles. The van der Waals surface area contributed by atoms with Gasteiger partial charge in [-0.1, -0.05) is 326 Å². The SMILES string of the molecule is CCCCCCCCCCCCCC/C=C/CC/C=C/CC/C=C/C(O)C(COC1OC(CO)C(O)C(O)C1O)NC(=O)CCCCCCCCCCCCCCCCCCC/C=C\CCCCCCCCCCCCCCCCCC. The summed E-state index contributed by atoms with van der Waals surface area (Å²) in [6.07, 6.45) is 78.1. The van der Waals surface area contributed by atoms with Gasteiger partial charge in [-0.25, -0.2) is 0 Å². The molecule has 6 N–H and O–H groups in total. The van der Waals surface area contributed by atoms with Crippen molar-refractivity contribution in [2.45, 2.75) is 397 Å². The van der Waals surface area contributed by atoms with Crippen LogP contribution in [0.2, 0.25) is 0 Å². The third-order valence-electron chi connectivity index (χ3n) is 17.1. The molecule has 0 aliphatic carbocycles. The minimum atomic E-state index is -1.58. The molecule has 1 rings (SSSR count). The third kappa shape index (κ3) is 50.3. The van der Waals surface area contributed by atoms with Gasteiger partial charge >= 0.3 is 0 Å². The van der Waals surface area contributed by atoms with Crippen LogP contribution in [0.1, 0.15) is 354 Å². The minimum Gasteiger partial charge on any atom is -0.394 e. The highest BCUT2D eigenvalue weighted by Crippen LogP contribution is 2.23. The number of hydrogen-bond donors (Lipinski definition) is 6. The van der Waals surface area contributed by atoms with Crippen LogP contribution in [-0.4, -0.2) is 87.5 Å². The Hall–Kier alpha value is -1.85. The molecule has 0 radical (unpaired) electrons. The fourth-order valence-electron chi connectivity index (χ4n) is 11.5. The second-order valence-electron chi connectivity index (χ2n) is 25.0. The van der Waals surface area contributed by atoms with Gasteiger partial charge in [-0.05, 0) is 70.6 Å². The van der Waals surface area contributed by atoms with Gasteiger partial charge in [0.2, 0.25) is 5.91 Å². The molecule has 1 aliphatic rings. The lowest BCUT2D eigenvalue weighted by molar-refractivity contribution is -0.302. The monoisotopic (exact) mass is 1160 g/mol. The highest BCUT2D eigenvalue weighted by Gasteiger charge is 2.44. The van der Waals surface area contributed by atoms with Crippen molar-refractivity contribution in [1.29, 1.82) is 0 Å². The fraction of sp³-hybridized carbons (Fsp3) is 0.877. The van der Waals surface area contributed by atoms with Crippen LogP contribution in [0, 0.1) is 0 Å². The van der Waals surface area contributed by atoms with E-state index < -0.39 is 49.5 Å². The van der Waals surface area contributed by atoms with Crippen LogP contribution in [-0.2, 0) is 14.3 Å². The summed E-state index contributed by atoms with van der Waals surface area (Å²) in [6.45, 7) is 3.80. The van der Waals surface area contributed by atoms with E-state index in [1.807, 2.05) is 6.08 Å². The number of amides is 1. The second kappa shape index (κ2) is 62.2. The van der Waals surface area contributed by atoms with E-state index in [9.17, 15) is 30.3 Å². The van der Waals surface area contributed by atoms with E-state index in [1.54, 1.807) is 6.08 Å². The zero-order valence-corrected chi connectivity index (χ0v) is 54.0. The summed E-state index contributed by atoms with van der Waals surface area (Å²) >= 11 is 0. The van der Waals surface area contributed by atoms with Crippen LogP contribution in [0.3, 0.4) is 0 Å². The Morgan fingerprint density at radius 3 is 1.02 bits per heavy atom. The first kappa shape index (κ1) is 78.2. The van der Waals surface area contributed by atoms with Crippen LogP contribution in [0.4, 0.5) is 0 Å². The van der Waals surface area contributed by atoms with E-state index in [1.165, 1.54) is 289 Å². The number of aliphatic hydroxyl groups excluding tert-OH is 5. The van der Waals surface area contributed by atoms with Crippen molar-refractivity contribution in [2.75, 3.05) is 13.2 Å². The summed E-state index contributed by atoms with van der Waals surface area (Å²) in [4.78, 5) is 13.1. The van der Waals surface area contributed by atoms with Gasteiger partial charge in [0.25, 0.3) is 0 Å². The summed E-state index contributed by atoms with van der Waals surface area (Å²) in [5, 5.41) is 54.7. The molecule has 0 saturated carbocycles. The van der Waals surface area contributed by atoms with E-state index in [2.05, 4.69) is 55.6 Å². The van der Waals surface area contributed by atoms with Crippen LogP contribution in [0.15, 0.2) is 48.6 Å². The molecule has 9 nitrogen and oxygen atoms in total. The maximum Gasteiger partial charge on any atom is 0.220 e. The summed E-state index contributed by atoms with van der Waals surface area (Å²) in [5.41, 5.74) is 0. The standard InChI is InChI=1S/C73H137NO8/c1-3-5-7-9-11-13-15-17-19-21-23-25-27-28-29-30-31-32-33-34-35-36-37-38-39-40-41-43-45-47-49-51-53-55-57-59-61-63-69(77)74-66(65-81-73-72(80)71(79)70(78)68(64-75)82-73)67(76)62-60-58-56-54-52-50-48-46-44-42-26-24-22-20-18-16-14-12-10-8-6-4-2/h32-33,44,46,52,54,60,62,66-68,70-73,75-76,78-80H,3-31,34-43,45,47-51,53,55-59,61,63-65H2,1-2H3,(H,74,77)/b33-32-,46-44+,54-52+,62-60+. The Balaban J connectivity index is 2.10. The zero-order chi connectivity index (χ0) is 59.3. The van der Waals surface area contributed by atoms with Gasteiger partial charge in [0.15, 0.2) is 6.29 Å². The molecule has 0 aromatic rings. The lowest BCUT2D eigenvalue weighted by Crippen LogP contribution is -2.60. The molecule has 1 amide bonds. The molecule has 0 bridgehead atoms. The Bertz CT molecular complexity index is 1430. The lowest BCUT2D eigenvalue weighted by atomic mass is 9.99. The highest BCUT2D eigenvalue weighted by molar-refractivity contribution is 5.76. The first-order chi connectivity index (χ1) is 40.3. The van der Waals surface area contributed by atoms with Crippen LogP contribution < -0.4 is 5.32 Å². The molecule has 0 aromatic heterocycles. The molecule has 9 heteroatoms. The number of ether oxygens (including phenoxy) is 2. The van der Waals surface area contributed by atoms with Crippen molar-refractivity contribution < 1.29 is 39.8 Å². The van der Waals surface area contributed by atoms with Crippen molar-refractivity contribution in [3.8, 4) is 0 Å². The van der Waals surface area contributed by atoms with Crippen LogP contribution in [0.5, 0.6) is 0 Å². The molecule has 82 heavy (non-hydrogen) atoms. The van der Waals surface area contributed by atoms with Crippen molar-refractivity contribution in [3.05, 3.63) is 48.6 Å². The Morgan fingerprint density at radius 1 is 0.402 bits per heavy atom. The van der Waals surface area contributed by atoms with E-state index in [0.29, 0.717) is 6.42 Å². The molecular weight excluding hydrogens is 1020 g/mol. The van der Waals surface area contributed by atoms with Gasteiger partial charge in [0.05, 0.1) is 25.4 Å². The van der Waals surface area contributed by atoms with Crippen LogP contribution >= 0.6 is 0 Å². The third-order valence-corrected chi connectivity index (χ3v) is 17.1. The predicted molar refractivity (Wildman–Crippen MR) is 350 cm³/mol. The van der Waals surface area contributed by atoms with Crippen molar-refractivity contribution in [2.24, 2.45) is 0 Å². The minimum absolute atomic E-state index is 0.185. The number of allylic oxidation sites excluding steroid dienone is 7. The molecular formula is C73H137NO8. The molecule has 7 unspecified atom stereocenters. The fourth-order valence-corrected chi connectivity index (χ4v) is 11.5. The topological polar surface area (TPSA) is 149 Å². The summed E-state index contributed by atoms with van der Waals surface area (Å²) in [7, 11) is 0. The summed E-state index contributed by atoms with van der Waals surface area (Å²) in [6, 6.07) is -0.829. The smallest absolute Gasteiger partial charge is 0.220 e. The maximum atomic E-state index is 13.1. The molecule has 482 valence electrons. The normalized spacial score (nSPS) is 18.5. The van der Waals surface area contributed by atoms with Crippen molar-refractivity contribution in [3.63, 3.8) is 0 Å². The summed E-state index contributed by atoms with van der Waals surface area (Å²) < 4.78 is 11.3. The van der Waals surface area contributed by atoms with Gasteiger partial charge in [0.1, 0.15) is 24.4 Å². The number of hydrogen-bond acceptors (Lipinski definition) is 8. The quantitative estimate of drug-likeness (QED) is 0.0261. The molecule has 0 aromatic carbocycles. The van der Waals surface area contributed by atoms with Gasteiger partial charge in [-0.3, -0.25) is 4.79 Å². The van der Waals surface area contributed by atoms with E-state index in [-0.39, 0.29) is 12.5 Å². The Labute approximate surface area is 507 Å². The largest absolute Gasteiger partial charge is 0.394 e. The highest BCUT2D eigenvalue weighted by atomic mass is 16.7. The van der Waals surface area contributed by atoms with Gasteiger partial charge in [-0.2, -0.15) is 0 Å². The molecule has 7 atom stereocenters. The average Bonchev–Trinajstić information content (AvgIpc) is 3.52. The number of carbonyl (C=O) groups excluding carboxylic acids is 1. The average molecular weight is 1160 g/mol. The maximum absolute atomic E-state index is 13.1. The molecule has 1 heterocycles. The Morgan fingerprint density at radius 2 is 0.695 bits per heavy atom. The van der Waals surface area contributed by atoms with Gasteiger partial charge in [-0.15, -0.1) is 0 Å². The number of aliphatic hydroxyl groups is 5. The predicted octanol–water partition coefficient (Wildman–Crippen LogP) is 19.6. The van der Waals surface area contributed by atoms with Crippen molar-refractivity contribution in [1.82, 2.24) is 5.32 Å². The van der Waals surface area contributed by atoms with Crippen molar-refractivity contribution >= 4 is 5.91 Å². The van der Waals surface area contributed by atoms with Gasteiger partial charge in [0, 0.05) is 6.42 Å². The molecule has 1 aliphatic heterocycles. The number of carbonyl (C=O) groups is 1. The van der Waals surface area contributed by atoms with E-state index in [0.717, 1.165) is 44.9 Å². The first-order valence-corrected chi connectivity index (χ1v) is 35.9. The lowest BCUT2D eigenvalue weighted by Gasteiger charge is -2.40. The van der Waals surface area contributed by atoms with Crippen LogP contribution in [0.25, 0.3) is 0 Å².